The van der Waals surface area contributed by atoms with E-state index in [1.54, 1.807) is 12.1 Å². The molecule has 96 valence electrons. The largest absolute Gasteiger partial charge is 0.444 e. The maximum atomic E-state index is 11.6. The van der Waals surface area contributed by atoms with E-state index in [1.165, 1.54) is 0 Å². The molecule has 0 saturated heterocycles. The number of hydrogen-bond donors (Lipinski definition) is 1. The molecule has 17 heavy (non-hydrogen) atoms. The number of rotatable bonds is 7. The second-order valence-corrected chi connectivity index (χ2v) is 4.52. The summed E-state index contributed by atoms with van der Waals surface area (Å²) < 4.78 is 5.73. The number of carbonyl (C=O) groups excluding carboxylic acids is 1. The van der Waals surface area contributed by atoms with Crippen molar-refractivity contribution in [3.8, 4) is 0 Å². The van der Waals surface area contributed by atoms with Gasteiger partial charge >= 0.3 is 0 Å². The molecule has 0 aromatic carbocycles. The van der Waals surface area contributed by atoms with E-state index in [2.05, 4.69) is 40.0 Å². The van der Waals surface area contributed by atoms with E-state index in [-0.39, 0.29) is 5.91 Å². The van der Waals surface area contributed by atoms with Gasteiger partial charge < -0.3 is 14.6 Å². The quantitative estimate of drug-likeness (QED) is 0.787. The zero-order chi connectivity index (χ0) is 12.7. The number of nitrogens with one attached hydrogen (secondary N) is 1. The highest BCUT2D eigenvalue weighted by Gasteiger charge is 2.09. The summed E-state index contributed by atoms with van der Waals surface area (Å²) in [7, 11) is 0. The first-order valence-corrected chi connectivity index (χ1v) is 6.72. The van der Waals surface area contributed by atoms with Crippen LogP contribution >= 0.6 is 15.9 Å². The van der Waals surface area contributed by atoms with Gasteiger partial charge in [0.2, 0.25) is 0 Å². The van der Waals surface area contributed by atoms with Crippen molar-refractivity contribution in [1.29, 1.82) is 0 Å². The first-order valence-electron chi connectivity index (χ1n) is 5.93. The van der Waals surface area contributed by atoms with Gasteiger partial charge in [-0.15, -0.1) is 0 Å². The monoisotopic (exact) mass is 302 g/mol. The minimum Gasteiger partial charge on any atom is -0.444 e. The molecule has 1 aromatic heterocycles. The summed E-state index contributed by atoms with van der Waals surface area (Å²) in [6.45, 7) is 8.07. The van der Waals surface area contributed by atoms with Crippen molar-refractivity contribution in [2.45, 2.75) is 20.3 Å². The second-order valence-electron chi connectivity index (χ2n) is 3.74. The fourth-order valence-corrected chi connectivity index (χ4v) is 1.87. The van der Waals surface area contributed by atoms with E-state index in [1.807, 2.05) is 0 Å². The first kappa shape index (κ1) is 14.3. The summed E-state index contributed by atoms with van der Waals surface area (Å²) in [6.07, 6.45) is 0.954. The second kappa shape index (κ2) is 7.50. The normalized spacial score (nSPS) is 10.8. The molecule has 0 aliphatic carbocycles. The lowest BCUT2D eigenvalue weighted by Gasteiger charge is -2.17. The fourth-order valence-electron chi connectivity index (χ4n) is 1.57. The Bertz CT molecular complexity index is 348. The lowest BCUT2D eigenvalue weighted by Crippen LogP contribution is -2.29. The van der Waals surface area contributed by atoms with E-state index < -0.39 is 0 Å². The van der Waals surface area contributed by atoms with Crippen LogP contribution in [-0.2, 0) is 0 Å². The highest BCUT2D eigenvalue weighted by Crippen LogP contribution is 2.13. The molecule has 0 aliphatic heterocycles. The van der Waals surface area contributed by atoms with Crippen molar-refractivity contribution in [2.75, 3.05) is 26.2 Å². The van der Waals surface area contributed by atoms with Crippen LogP contribution in [0.2, 0.25) is 0 Å². The molecule has 0 saturated carbocycles. The molecular weight excluding hydrogens is 284 g/mol. The van der Waals surface area contributed by atoms with Crippen molar-refractivity contribution >= 4 is 21.8 Å². The van der Waals surface area contributed by atoms with E-state index in [9.17, 15) is 4.79 Å². The van der Waals surface area contributed by atoms with Crippen molar-refractivity contribution in [3.05, 3.63) is 22.6 Å². The highest BCUT2D eigenvalue weighted by atomic mass is 79.9. The van der Waals surface area contributed by atoms with Crippen molar-refractivity contribution in [2.24, 2.45) is 0 Å². The minimum atomic E-state index is -0.157. The van der Waals surface area contributed by atoms with E-state index in [0.29, 0.717) is 17.0 Å². The average Bonchev–Trinajstić information content (AvgIpc) is 2.76. The molecular formula is C12H19BrN2O2. The molecule has 0 spiro atoms. The van der Waals surface area contributed by atoms with Crippen LogP contribution in [0.3, 0.4) is 0 Å². The minimum absolute atomic E-state index is 0.157. The van der Waals surface area contributed by atoms with Gasteiger partial charge in [-0.2, -0.15) is 0 Å². The van der Waals surface area contributed by atoms with Crippen molar-refractivity contribution < 1.29 is 9.21 Å². The van der Waals surface area contributed by atoms with Crippen LogP contribution in [0.15, 0.2) is 21.2 Å². The van der Waals surface area contributed by atoms with Gasteiger partial charge in [0, 0.05) is 6.54 Å². The zero-order valence-electron chi connectivity index (χ0n) is 10.3. The van der Waals surface area contributed by atoms with Crippen LogP contribution in [0.25, 0.3) is 0 Å². The third kappa shape index (κ3) is 4.91. The standard InChI is InChI=1S/C12H19BrN2O2/c1-3-15(4-2)9-5-8-14-12(16)10-6-7-11(13)17-10/h6-7H,3-5,8-9H2,1-2H3,(H,14,16). The van der Waals surface area contributed by atoms with Crippen LogP contribution < -0.4 is 5.32 Å². The summed E-state index contributed by atoms with van der Waals surface area (Å²) >= 11 is 3.17. The summed E-state index contributed by atoms with van der Waals surface area (Å²) in [4.78, 5) is 13.9. The molecule has 1 N–H and O–H groups in total. The maximum absolute atomic E-state index is 11.6. The molecule has 1 heterocycles. The van der Waals surface area contributed by atoms with Gasteiger partial charge in [0.1, 0.15) is 0 Å². The molecule has 1 aromatic rings. The summed E-state index contributed by atoms with van der Waals surface area (Å²) in [6, 6.07) is 3.37. The number of furan rings is 1. The van der Waals surface area contributed by atoms with Crippen LogP contribution in [0.5, 0.6) is 0 Å². The van der Waals surface area contributed by atoms with E-state index in [4.69, 9.17) is 4.42 Å². The number of amides is 1. The van der Waals surface area contributed by atoms with Gasteiger partial charge in [0.25, 0.3) is 5.91 Å². The number of halogens is 1. The van der Waals surface area contributed by atoms with Gasteiger partial charge in [0.05, 0.1) is 0 Å². The highest BCUT2D eigenvalue weighted by molar-refractivity contribution is 9.10. The lowest BCUT2D eigenvalue weighted by molar-refractivity contribution is 0.0923. The van der Waals surface area contributed by atoms with Gasteiger partial charge in [-0.1, -0.05) is 13.8 Å². The van der Waals surface area contributed by atoms with Crippen LogP contribution in [-0.4, -0.2) is 37.0 Å². The summed E-state index contributed by atoms with van der Waals surface area (Å²) in [5, 5.41) is 2.84. The van der Waals surface area contributed by atoms with Gasteiger partial charge in [0.15, 0.2) is 10.4 Å². The Morgan fingerprint density at radius 1 is 1.41 bits per heavy atom. The molecule has 0 atom stereocenters. The Labute approximate surface area is 110 Å². The van der Waals surface area contributed by atoms with Gasteiger partial charge in [-0.3, -0.25) is 4.79 Å². The maximum Gasteiger partial charge on any atom is 0.287 e. The van der Waals surface area contributed by atoms with Crippen molar-refractivity contribution in [1.82, 2.24) is 10.2 Å². The number of nitrogens with zero attached hydrogens (tertiary/aromatic N) is 1. The molecule has 0 radical (unpaired) electrons. The van der Waals surface area contributed by atoms with Crippen LogP contribution in [0.1, 0.15) is 30.8 Å². The summed E-state index contributed by atoms with van der Waals surface area (Å²) in [5.74, 6) is 0.190. The third-order valence-corrected chi connectivity index (χ3v) is 3.05. The number of carbonyl (C=O) groups is 1. The van der Waals surface area contributed by atoms with Crippen LogP contribution in [0, 0.1) is 0 Å². The number of hydrogen-bond acceptors (Lipinski definition) is 3. The Hall–Kier alpha value is -0.810. The van der Waals surface area contributed by atoms with E-state index >= 15 is 0 Å². The molecule has 5 heteroatoms. The molecule has 0 fully saturated rings. The molecule has 0 aliphatic rings. The zero-order valence-corrected chi connectivity index (χ0v) is 11.9. The summed E-state index contributed by atoms with van der Waals surface area (Å²) in [5.41, 5.74) is 0. The molecule has 0 bridgehead atoms. The molecule has 1 amide bonds. The Kier molecular flexibility index (Phi) is 6.29. The molecule has 1 rings (SSSR count). The van der Waals surface area contributed by atoms with Crippen LogP contribution in [0.4, 0.5) is 0 Å². The lowest BCUT2D eigenvalue weighted by atomic mass is 10.3. The Morgan fingerprint density at radius 2 is 2.12 bits per heavy atom. The predicted molar refractivity (Wildman–Crippen MR) is 71.1 cm³/mol. The Morgan fingerprint density at radius 3 is 2.65 bits per heavy atom. The molecule has 4 nitrogen and oxygen atoms in total. The SMILES string of the molecule is CCN(CC)CCCNC(=O)c1ccc(Br)o1. The smallest absolute Gasteiger partial charge is 0.287 e. The van der Waals surface area contributed by atoms with Gasteiger partial charge in [-0.25, -0.2) is 0 Å². The third-order valence-electron chi connectivity index (χ3n) is 2.63. The van der Waals surface area contributed by atoms with Gasteiger partial charge in [-0.05, 0) is 54.1 Å². The van der Waals surface area contributed by atoms with Crippen molar-refractivity contribution in [3.63, 3.8) is 0 Å². The van der Waals surface area contributed by atoms with E-state index in [0.717, 1.165) is 26.1 Å². The molecule has 0 unspecified atom stereocenters. The Balaban J connectivity index is 2.21. The predicted octanol–water partition coefficient (Wildman–Crippen LogP) is 2.50. The first-order chi connectivity index (χ1) is 8.17. The average molecular weight is 303 g/mol. The topological polar surface area (TPSA) is 45.5 Å². The fraction of sp³-hybridized carbons (Fsp3) is 0.583.